The van der Waals surface area contributed by atoms with Gasteiger partial charge in [0.25, 0.3) is 0 Å². The van der Waals surface area contributed by atoms with E-state index in [1.165, 1.54) is 19.3 Å². The monoisotopic (exact) mass is 212 g/mol. The molecule has 1 aliphatic carbocycles. The second kappa shape index (κ2) is 6.83. The molecule has 1 atom stereocenters. The van der Waals surface area contributed by atoms with Crippen LogP contribution < -0.4 is 10.6 Å². The second-order valence-corrected chi connectivity index (χ2v) is 4.59. The molecule has 3 heteroatoms. The highest BCUT2D eigenvalue weighted by atomic mass is 16.1. The summed E-state index contributed by atoms with van der Waals surface area (Å²) in [6.45, 7) is 4.69. The lowest BCUT2D eigenvalue weighted by molar-refractivity contribution is -0.121. The normalized spacial score (nSPS) is 19.9. The molecule has 15 heavy (non-hydrogen) atoms. The molecular weight excluding hydrogens is 188 g/mol. The van der Waals surface area contributed by atoms with Crippen molar-refractivity contribution in [2.75, 3.05) is 6.54 Å². The number of carbonyl (C=O) groups excluding carboxylic acids is 1. The third kappa shape index (κ3) is 5.17. The lowest BCUT2D eigenvalue weighted by Crippen LogP contribution is -2.43. The molecule has 1 amide bonds. The standard InChI is InChI=1S/C12H24N2O/c1-3-10(2)13-9-12(15)14-11-7-5-4-6-8-11/h10-11,13H,3-9H2,1-2H3,(H,14,15). The number of amides is 1. The molecular formula is C12H24N2O. The molecule has 0 saturated heterocycles. The fourth-order valence-electron chi connectivity index (χ4n) is 1.94. The van der Waals surface area contributed by atoms with Crippen molar-refractivity contribution in [1.82, 2.24) is 10.6 Å². The van der Waals surface area contributed by atoms with Gasteiger partial charge in [-0.2, -0.15) is 0 Å². The predicted octanol–water partition coefficient (Wildman–Crippen LogP) is 1.82. The largest absolute Gasteiger partial charge is 0.352 e. The van der Waals surface area contributed by atoms with E-state index in [-0.39, 0.29) is 5.91 Å². The average Bonchev–Trinajstić information content (AvgIpc) is 2.27. The molecule has 0 aromatic heterocycles. The topological polar surface area (TPSA) is 41.1 Å². The van der Waals surface area contributed by atoms with Crippen LogP contribution in [0.25, 0.3) is 0 Å². The van der Waals surface area contributed by atoms with E-state index in [1.807, 2.05) is 0 Å². The summed E-state index contributed by atoms with van der Waals surface area (Å²) < 4.78 is 0. The summed E-state index contributed by atoms with van der Waals surface area (Å²) in [6, 6.07) is 0.868. The van der Waals surface area contributed by atoms with Crippen LogP contribution in [0.2, 0.25) is 0 Å². The van der Waals surface area contributed by atoms with E-state index in [4.69, 9.17) is 0 Å². The molecule has 1 fully saturated rings. The molecule has 2 N–H and O–H groups in total. The van der Waals surface area contributed by atoms with Crippen molar-refractivity contribution < 1.29 is 4.79 Å². The van der Waals surface area contributed by atoms with Crippen LogP contribution in [0.1, 0.15) is 52.4 Å². The molecule has 0 aromatic carbocycles. The minimum Gasteiger partial charge on any atom is -0.352 e. The zero-order chi connectivity index (χ0) is 11.1. The number of rotatable bonds is 5. The Morgan fingerprint density at radius 2 is 2.00 bits per heavy atom. The summed E-state index contributed by atoms with van der Waals surface area (Å²) in [4.78, 5) is 11.6. The molecule has 1 rings (SSSR count). The average molecular weight is 212 g/mol. The van der Waals surface area contributed by atoms with Crippen molar-refractivity contribution in [3.05, 3.63) is 0 Å². The summed E-state index contributed by atoms with van der Waals surface area (Å²) in [5, 5.41) is 6.31. The molecule has 1 aliphatic rings. The first-order valence-corrected chi connectivity index (χ1v) is 6.25. The first kappa shape index (κ1) is 12.5. The maximum Gasteiger partial charge on any atom is 0.234 e. The zero-order valence-electron chi connectivity index (χ0n) is 10.0. The maximum atomic E-state index is 11.6. The van der Waals surface area contributed by atoms with Crippen LogP contribution in [0.5, 0.6) is 0 Å². The van der Waals surface area contributed by atoms with Crippen molar-refractivity contribution in [2.24, 2.45) is 0 Å². The van der Waals surface area contributed by atoms with Gasteiger partial charge in [-0.25, -0.2) is 0 Å². The molecule has 3 nitrogen and oxygen atoms in total. The third-order valence-corrected chi connectivity index (χ3v) is 3.19. The zero-order valence-corrected chi connectivity index (χ0v) is 10.0. The Morgan fingerprint density at radius 1 is 1.33 bits per heavy atom. The van der Waals surface area contributed by atoms with Gasteiger partial charge in [-0.3, -0.25) is 4.79 Å². The molecule has 0 bridgehead atoms. The number of hydrogen-bond donors (Lipinski definition) is 2. The van der Waals surface area contributed by atoms with Crippen molar-refractivity contribution in [3.63, 3.8) is 0 Å². The Balaban J connectivity index is 2.11. The van der Waals surface area contributed by atoms with E-state index in [0.717, 1.165) is 19.3 Å². The quantitative estimate of drug-likeness (QED) is 0.730. The van der Waals surface area contributed by atoms with Gasteiger partial charge in [-0.1, -0.05) is 26.2 Å². The maximum absolute atomic E-state index is 11.6. The van der Waals surface area contributed by atoms with E-state index in [1.54, 1.807) is 0 Å². The lowest BCUT2D eigenvalue weighted by Gasteiger charge is -2.23. The molecule has 0 radical (unpaired) electrons. The molecule has 0 spiro atoms. The van der Waals surface area contributed by atoms with E-state index in [2.05, 4.69) is 24.5 Å². The number of carbonyl (C=O) groups is 1. The fourth-order valence-corrected chi connectivity index (χ4v) is 1.94. The summed E-state index contributed by atoms with van der Waals surface area (Å²) >= 11 is 0. The summed E-state index contributed by atoms with van der Waals surface area (Å²) in [5.74, 6) is 0.155. The van der Waals surface area contributed by atoms with Crippen molar-refractivity contribution in [1.29, 1.82) is 0 Å². The van der Waals surface area contributed by atoms with Crippen LogP contribution in [0, 0.1) is 0 Å². The number of hydrogen-bond acceptors (Lipinski definition) is 2. The smallest absolute Gasteiger partial charge is 0.234 e. The molecule has 88 valence electrons. The van der Waals surface area contributed by atoms with E-state index in [9.17, 15) is 4.79 Å². The van der Waals surface area contributed by atoms with Crippen LogP contribution in [-0.2, 0) is 4.79 Å². The molecule has 0 heterocycles. The lowest BCUT2D eigenvalue weighted by atomic mass is 9.95. The van der Waals surface area contributed by atoms with Crippen LogP contribution in [0.3, 0.4) is 0 Å². The first-order chi connectivity index (χ1) is 7.22. The number of nitrogens with one attached hydrogen (secondary N) is 2. The highest BCUT2D eigenvalue weighted by Gasteiger charge is 2.15. The Bertz CT molecular complexity index is 188. The van der Waals surface area contributed by atoms with Gasteiger partial charge in [-0.05, 0) is 26.2 Å². The van der Waals surface area contributed by atoms with Crippen molar-refractivity contribution in [2.45, 2.75) is 64.5 Å². The molecule has 1 unspecified atom stereocenters. The Kier molecular flexibility index (Phi) is 5.69. The highest BCUT2D eigenvalue weighted by molar-refractivity contribution is 5.78. The highest BCUT2D eigenvalue weighted by Crippen LogP contribution is 2.16. The Morgan fingerprint density at radius 3 is 2.60 bits per heavy atom. The van der Waals surface area contributed by atoms with Crippen molar-refractivity contribution in [3.8, 4) is 0 Å². The predicted molar refractivity (Wildman–Crippen MR) is 62.8 cm³/mol. The molecule has 1 saturated carbocycles. The molecule has 0 aliphatic heterocycles. The van der Waals surface area contributed by atoms with Gasteiger partial charge in [0, 0.05) is 12.1 Å². The Hall–Kier alpha value is -0.570. The van der Waals surface area contributed by atoms with Crippen molar-refractivity contribution >= 4 is 5.91 Å². The van der Waals surface area contributed by atoms with Gasteiger partial charge in [0.15, 0.2) is 0 Å². The van der Waals surface area contributed by atoms with Gasteiger partial charge in [-0.15, -0.1) is 0 Å². The van der Waals surface area contributed by atoms with Gasteiger partial charge < -0.3 is 10.6 Å². The Labute approximate surface area is 93.0 Å². The van der Waals surface area contributed by atoms with Crippen LogP contribution >= 0.6 is 0 Å². The summed E-state index contributed by atoms with van der Waals surface area (Å²) in [7, 11) is 0. The minimum absolute atomic E-state index is 0.155. The van der Waals surface area contributed by atoms with Gasteiger partial charge in [0.1, 0.15) is 0 Å². The summed E-state index contributed by atoms with van der Waals surface area (Å²) in [6.07, 6.45) is 7.26. The second-order valence-electron chi connectivity index (χ2n) is 4.59. The first-order valence-electron chi connectivity index (χ1n) is 6.25. The van der Waals surface area contributed by atoms with Crippen LogP contribution in [0.15, 0.2) is 0 Å². The van der Waals surface area contributed by atoms with Crippen LogP contribution in [0.4, 0.5) is 0 Å². The van der Waals surface area contributed by atoms with Crippen LogP contribution in [-0.4, -0.2) is 24.5 Å². The van der Waals surface area contributed by atoms with E-state index in [0.29, 0.717) is 18.6 Å². The minimum atomic E-state index is 0.155. The summed E-state index contributed by atoms with van der Waals surface area (Å²) in [5.41, 5.74) is 0. The molecule has 0 aromatic rings. The van der Waals surface area contributed by atoms with Gasteiger partial charge in [0.05, 0.1) is 6.54 Å². The third-order valence-electron chi connectivity index (χ3n) is 3.19. The van der Waals surface area contributed by atoms with E-state index < -0.39 is 0 Å². The SMILES string of the molecule is CCC(C)NCC(=O)NC1CCCCC1. The van der Waals surface area contributed by atoms with Gasteiger partial charge >= 0.3 is 0 Å². The van der Waals surface area contributed by atoms with Gasteiger partial charge in [0.2, 0.25) is 5.91 Å². The van der Waals surface area contributed by atoms with E-state index >= 15 is 0 Å². The fraction of sp³-hybridized carbons (Fsp3) is 0.917.